The van der Waals surface area contributed by atoms with Crippen LogP contribution in [0.3, 0.4) is 0 Å². The Kier molecular flexibility index (Phi) is 6.04. The van der Waals surface area contributed by atoms with Gasteiger partial charge in [-0.25, -0.2) is 9.97 Å². The largest absolute Gasteiger partial charge is 0.430 e. The molecule has 0 bridgehead atoms. The van der Waals surface area contributed by atoms with Crippen LogP contribution in [-0.2, 0) is 10.4 Å². The van der Waals surface area contributed by atoms with Gasteiger partial charge in [-0.3, -0.25) is 9.59 Å². The van der Waals surface area contributed by atoms with Crippen LogP contribution in [0.25, 0.3) is 11.3 Å². The topological polar surface area (TPSA) is 168 Å². The fourth-order valence-corrected chi connectivity index (χ4v) is 3.53. The van der Waals surface area contributed by atoms with E-state index in [0.717, 1.165) is 24.8 Å². The van der Waals surface area contributed by atoms with Gasteiger partial charge in [0.05, 0.1) is 23.4 Å². The van der Waals surface area contributed by atoms with E-state index in [2.05, 4.69) is 21.4 Å². The van der Waals surface area contributed by atoms with Crippen molar-refractivity contribution in [1.82, 2.24) is 15.3 Å². The second kappa shape index (κ2) is 8.32. The lowest BCUT2D eigenvalue weighted by Crippen LogP contribution is -2.52. The molecule has 6 N–H and O–H groups in total. The number of rotatable bonds is 6. The van der Waals surface area contributed by atoms with Crippen LogP contribution in [0.4, 0.5) is 19.0 Å². The highest BCUT2D eigenvalue weighted by molar-refractivity contribution is 5.97. The maximum atomic E-state index is 13.5. The van der Waals surface area contributed by atoms with Crippen molar-refractivity contribution < 1.29 is 27.9 Å². The molecule has 0 radical (unpaired) electrons. The average Bonchev–Trinajstić information content (AvgIpc) is 2.72. The minimum absolute atomic E-state index is 0.0127. The van der Waals surface area contributed by atoms with E-state index in [-0.39, 0.29) is 29.3 Å². The van der Waals surface area contributed by atoms with Gasteiger partial charge in [-0.15, -0.1) is 0 Å². The molecule has 1 unspecified atom stereocenters. The standard InChI is InChI=1S/C21H21F3N6O3/c1-11-3-4-12(20(33,18(27)32)21(22,23)24)7-13(11)14-8-28-16(26)15(30-14)17(31)29-10-19(9-25)5-2-6-19/h3-4,7-8,33H,2,5-6,10H2,1H3,(H2,26,28)(H2,27,32)(H,29,31). The van der Waals surface area contributed by atoms with Crippen molar-refractivity contribution >= 4 is 17.6 Å². The predicted molar refractivity (Wildman–Crippen MR) is 110 cm³/mol. The summed E-state index contributed by atoms with van der Waals surface area (Å²) in [6.07, 6.45) is -2.04. The van der Waals surface area contributed by atoms with Crippen LogP contribution in [0.1, 0.15) is 40.9 Å². The van der Waals surface area contributed by atoms with Crippen LogP contribution in [0.5, 0.6) is 0 Å². The number of hydrogen-bond acceptors (Lipinski definition) is 7. The molecule has 12 heteroatoms. The Morgan fingerprint density at radius 1 is 1.33 bits per heavy atom. The zero-order chi connectivity index (χ0) is 24.6. The van der Waals surface area contributed by atoms with Crippen LogP contribution in [0, 0.1) is 23.7 Å². The summed E-state index contributed by atoms with van der Waals surface area (Å²) >= 11 is 0. The molecule has 33 heavy (non-hydrogen) atoms. The summed E-state index contributed by atoms with van der Waals surface area (Å²) in [6, 6.07) is 5.27. The van der Waals surface area contributed by atoms with Gasteiger partial charge in [-0.2, -0.15) is 18.4 Å². The average molecular weight is 462 g/mol. The van der Waals surface area contributed by atoms with E-state index in [1.807, 2.05) is 0 Å². The quantitative estimate of drug-likeness (QED) is 0.506. The number of nitriles is 1. The number of nitrogens with zero attached hydrogens (tertiary/aromatic N) is 3. The normalized spacial score (nSPS) is 16.7. The molecule has 0 aliphatic heterocycles. The number of nitrogens with one attached hydrogen (secondary N) is 1. The van der Waals surface area contributed by atoms with Gasteiger partial charge < -0.3 is 21.9 Å². The van der Waals surface area contributed by atoms with Gasteiger partial charge in [0.2, 0.25) is 0 Å². The summed E-state index contributed by atoms with van der Waals surface area (Å²) < 4.78 is 40.4. The van der Waals surface area contributed by atoms with E-state index in [4.69, 9.17) is 11.5 Å². The number of nitrogen functional groups attached to an aromatic ring is 1. The molecule has 0 spiro atoms. The first-order valence-electron chi connectivity index (χ1n) is 9.87. The number of hydrogen-bond donors (Lipinski definition) is 4. The molecule has 1 saturated carbocycles. The summed E-state index contributed by atoms with van der Waals surface area (Å²) in [5, 5.41) is 22.0. The summed E-state index contributed by atoms with van der Waals surface area (Å²) in [5.74, 6) is -2.90. The summed E-state index contributed by atoms with van der Waals surface area (Å²) in [6.45, 7) is 1.65. The van der Waals surface area contributed by atoms with Crippen molar-refractivity contribution in [3.05, 3.63) is 41.2 Å². The third-order valence-electron chi connectivity index (χ3n) is 5.85. The Balaban J connectivity index is 1.99. The summed E-state index contributed by atoms with van der Waals surface area (Å²) in [4.78, 5) is 32.2. The van der Waals surface area contributed by atoms with Crippen LogP contribution >= 0.6 is 0 Å². The molecule has 174 valence electrons. The minimum Gasteiger partial charge on any atom is -0.382 e. The van der Waals surface area contributed by atoms with Crippen molar-refractivity contribution in [1.29, 1.82) is 5.26 Å². The van der Waals surface area contributed by atoms with Gasteiger partial charge in [-0.1, -0.05) is 18.6 Å². The first-order valence-corrected chi connectivity index (χ1v) is 9.87. The molecule has 2 amide bonds. The Bertz CT molecular complexity index is 1160. The number of amides is 2. The van der Waals surface area contributed by atoms with Crippen molar-refractivity contribution in [2.24, 2.45) is 11.1 Å². The van der Waals surface area contributed by atoms with Gasteiger partial charge in [-0.05, 0) is 31.4 Å². The lowest BCUT2D eigenvalue weighted by molar-refractivity contribution is -0.255. The number of alkyl halides is 3. The molecule has 1 aromatic heterocycles. The van der Waals surface area contributed by atoms with E-state index < -0.39 is 34.6 Å². The first kappa shape index (κ1) is 23.9. The van der Waals surface area contributed by atoms with Gasteiger partial charge >= 0.3 is 6.18 Å². The van der Waals surface area contributed by atoms with Crippen molar-refractivity contribution in [2.45, 2.75) is 38.0 Å². The minimum atomic E-state index is -5.37. The molecule has 1 aromatic carbocycles. The Morgan fingerprint density at radius 3 is 2.52 bits per heavy atom. The zero-order valence-corrected chi connectivity index (χ0v) is 17.5. The third-order valence-corrected chi connectivity index (χ3v) is 5.85. The summed E-state index contributed by atoms with van der Waals surface area (Å²) in [5.41, 5.74) is 5.48. The Hall–Kier alpha value is -3.72. The Morgan fingerprint density at radius 2 is 2.00 bits per heavy atom. The number of aliphatic hydroxyl groups is 1. The lowest BCUT2D eigenvalue weighted by Gasteiger charge is -2.35. The van der Waals surface area contributed by atoms with Crippen molar-refractivity contribution in [3.63, 3.8) is 0 Å². The molecule has 1 aliphatic carbocycles. The molecule has 1 atom stereocenters. The number of nitrogens with two attached hydrogens (primary N) is 2. The number of benzene rings is 1. The predicted octanol–water partition coefficient (Wildman–Crippen LogP) is 1.69. The van der Waals surface area contributed by atoms with Crippen LogP contribution in [0.15, 0.2) is 24.4 Å². The van der Waals surface area contributed by atoms with E-state index in [1.54, 1.807) is 6.92 Å². The first-order chi connectivity index (χ1) is 15.3. The van der Waals surface area contributed by atoms with Crippen LogP contribution < -0.4 is 16.8 Å². The molecule has 1 fully saturated rings. The second-order valence-corrected chi connectivity index (χ2v) is 8.02. The van der Waals surface area contributed by atoms with Gasteiger partial charge in [0.1, 0.15) is 0 Å². The van der Waals surface area contributed by atoms with Crippen molar-refractivity contribution in [3.8, 4) is 17.3 Å². The van der Waals surface area contributed by atoms with Gasteiger partial charge in [0.15, 0.2) is 11.5 Å². The maximum absolute atomic E-state index is 13.5. The van der Waals surface area contributed by atoms with Crippen LogP contribution in [0.2, 0.25) is 0 Å². The smallest absolute Gasteiger partial charge is 0.382 e. The van der Waals surface area contributed by atoms with Crippen molar-refractivity contribution in [2.75, 3.05) is 12.3 Å². The number of aromatic nitrogens is 2. The van der Waals surface area contributed by atoms with E-state index >= 15 is 0 Å². The number of primary amides is 1. The van der Waals surface area contributed by atoms with E-state index in [1.165, 1.54) is 6.07 Å². The lowest BCUT2D eigenvalue weighted by atomic mass is 9.70. The van der Waals surface area contributed by atoms with E-state index in [9.17, 15) is 33.1 Å². The number of halogens is 3. The molecule has 1 heterocycles. The van der Waals surface area contributed by atoms with E-state index in [0.29, 0.717) is 18.4 Å². The number of aryl methyl sites for hydroxylation is 1. The second-order valence-electron chi connectivity index (χ2n) is 8.02. The molecule has 1 aliphatic rings. The highest BCUT2D eigenvalue weighted by Crippen LogP contribution is 2.41. The molecule has 2 aromatic rings. The fraction of sp³-hybridized carbons (Fsp3) is 0.381. The number of carbonyl (C=O) groups excluding carboxylic acids is 2. The highest BCUT2D eigenvalue weighted by atomic mass is 19.4. The SMILES string of the molecule is Cc1ccc(C(O)(C(N)=O)C(F)(F)F)cc1-c1cnc(N)c(C(=O)NCC2(C#N)CCC2)n1. The molecular formula is C21H21F3N6O3. The number of carbonyl (C=O) groups is 2. The van der Waals surface area contributed by atoms with Gasteiger partial charge in [0.25, 0.3) is 17.4 Å². The molecular weight excluding hydrogens is 441 g/mol. The highest BCUT2D eigenvalue weighted by Gasteiger charge is 2.60. The summed E-state index contributed by atoms with van der Waals surface area (Å²) in [7, 11) is 0. The fourth-order valence-electron chi connectivity index (χ4n) is 3.53. The zero-order valence-electron chi connectivity index (χ0n) is 17.5. The van der Waals surface area contributed by atoms with Crippen LogP contribution in [-0.4, -0.2) is 39.6 Å². The molecule has 9 nitrogen and oxygen atoms in total. The Labute approximate surface area is 186 Å². The molecule has 3 rings (SSSR count). The molecule has 0 saturated heterocycles. The maximum Gasteiger partial charge on any atom is 0.430 e. The van der Waals surface area contributed by atoms with Gasteiger partial charge in [0, 0.05) is 17.7 Å². The third kappa shape index (κ3) is 4.19. The number of anilines is 1. The monoisotopic (exact) mass is 462 g/mol.